The second-order valence-electron chi connectivity index (χ2n) is 6.83. The molecule has 1 unspecified atom stereocenters. The van der Waals surface area contributed by atoms with Crippen molar-refractivity contribution in [1.29, 1.82) is 0 Å². The van der Waals surface area contributed by atoms with Gasteiger partial charge in [-0.05, 0) is 42.3 Å². The Morgan fingerprint density at radius 1 is 0.935 bits per heavy atom. The summed E-state index contributed by atoms with van der Waals surface area (Å²) in [6.45, 7) is 1.96. The lowest BCUT2D eigenvalue weighted by Crippen LogP contribution is -2.19. The molecule has 0 aromatic heterocycles. The minimum absolute atomic E-state index is 0.0300. The maximum absolute atomic E-state index is 13.2. The number of carbonyl (C=O) groups excluding carboxylic acids is 2. The van der Waals surface area contributed by atoms with Crippen molar-refractivity contribution in [2.45, 2.75) is 29.9 Å². The van der Waals surface area contributed by atoms with E-state index in [0.717, 1.165) is 16.9 Å². The zero-order valence-electron chi connectivity index (χ0n) is 16.9. The third-order valence-corrected chi connectivity index (χ3v) is 6.47. The molecule has 0 saturated carbocycles. The van der Waals surface area contributed by atoms with E-state index in [2.05, 4.69) is 10.6 Å². The maximum atomic E-state index is 13.2. The molecule has 2 amide bonds. The van der Waals surface area contributed by atoms with Gasteiger partial charge in [0, 0.05) is 17.0 Å². The van der Waals surface area contributed by atoms with Crippen molar-refractivity contribution in [2.75, 3.05) is 10.6 Å². The molecule has 3 rings (SSSR count). The van der Waals surface area contributed by atoms with E-state index in [-0.39, 0.29) is 11.8 Å². The fourth-order valence-electron chi connectivity index (χ4n) is 2.93. The van der Waals surface area contributed by atoms with E-state index in [1.165, 1.54) is 11.8 Å². The van der Waals surface area contributed by atoms with Gasteiger partial charge in [0.1, 0.15) is 5.25 Å². The van der Waals surface area contributed by atoms with Gasteiger partial charge in [-0.2, -0.15) is 0 Å². The third kappa shape index (κ3) is 6.50. The Morgan fingerprint density at radius 3 is 2.42 bits per heavy atom. The molecule has 3 aromatic carbocycles. The van der Waals surface area contributed by atoms with Crippen molar-refractivity contribution in [3.63, 3.8) is 0 Å². The molecule has 0 bridgehead atoms. The van der Waals surface area contributed by atoms with Gasteiger partial charge in [0.05, 0.1) is 15.7 Å². The number of anilines is 2. The molecule has 0 heterocycles. The highest BCUT2D eigenvalue weighted by atomic mass is 35.5. The first kappa shape index (κ1) is 23.2. The molecule has 2 N–H and O–H groups in total. The number of nitrogens with one attached hydrogen (secondary N) is 2. The first-order valence-corrected chi connectivity index (χ1v) is 11.5. The Morgan fingerprint density at radius 2 is 1.68 bits per heavy atom. The summed E-state index contributed by atoms with van der Waals surface area (Å²) in [5.41, 5.74) is 2.01. The molecular formula is C24H22Cl2N2O2S. The molecule has 0 radical (unpaired) electrons. The summed E-state index contributed by atoms with van der Waals surface area (Å²) in [6.07, 6.45) is 1.25. The van der Waals surface area contributed by atoms with E-state index in [0.29, 0.717) is 27.8 Å². The van der Waals surface area contributed by atoms with Crippen LogP contribution in [0.1, 0.15) is 30.6 Å². The van der Waals surface area contributed by atoms with Crippen LogP contribution in [0.2, 0.25) is 10.0 Å². The summed E-state index contributed by atoms with van der Waals surface area (Å²) in [5, 5.41) is 5.93. The average Bonchev–Trinajstić information content (AvgIpc) is 2.76. The highest BCUT2D eigenvalue weighted by molar-refractivity contribution is 8.00. The van der Waals surface area contributed by atoms with Crippen LogP contribution in [0.15, 0.2) is 77.7 Å². The van der Waals surface area contributed by atoms with Gasteiger partial charge in [-0.3, -0.25) is 9.59 Å². The number of carbonyl (C=O) groups is 2. The molecule has 160 valence electrons. The third-order valence-electron chi connectivity index (χ3n) is 4.40. The van der Waals surface area contributed by atoms with Gasteiger partial charge in [0.2, 0.25) is 11.8 Å². The van der Waals surface area contributed by atoms with Gasteiger partial charge in [-0.25, -0.2) is 0 Å². The molecule has 0 aliphatic carbocycles. The lowest BCUT2D eigenvalue weighted by Gasteiger charge is -2.18. The highest BCUT2D eigenvalue weighted by Crippen LogP contribution is 2.38. The van der Waals surface area contributed by atoms with Crippen LogP contribution in [0.3, 0.4) is 0 Å². The van der Waals surface area contributed by atoms with Crippen molar-refractivity contribution >= 4 is 58.2 Å². The number of amides is 2. The van der Waals surface area contributed by atoms with Crippen LogP contribution in [0.25, 0.3) is 0 Å². The topological polar surface area (TPSA) is 58.2 Å². The summed E-state index contributed by atoms with van der Waals surface area (Å²) < 4.78 is 0. The van der Waals surface area contributed by atoms with E-state index in [4.69, 9.17) is 23.2 Å². The molecule has 0 saturated heterocycles. The van der Waals surface area contributed by atoms with Crippen molar-refractivity contribution in [2.24, 2.45) is 0 Å². The number of hydrogen-bond acceptors (Lipinski definition) is 3. The molecule has 3 aromatic rings. The first-order valence-electron chi connectivity index (χ1n) is 9.84. The van der Waals surface area contributed by atoms with Gasteiger partial charge in [-0.1, -0.05) is 72.6 Å². The molecule has 0 aliphatic heterocycles. The molecule has 1 atom stereocenters. The minimum Gasteiger partial charge on any atom is -0.326 e. The average molecular weight is 473 g/mol. The zero-order chi connectivity index (χ0) is 22.2. The van der Waals surface area contributed by atoms with Crippen molar-refractivity contribution in [3.05, 3.63) is 88.4 Å². The second-order valence-corrected chi connectivity index (χ2v) is 8.79. The van der Waals surface area contributed by atoms with Crippen LogP contribution in [0.4, 0.5) is 11.4 Å². The van der Waals surface area contributed by atoms with Gasteiger partial charge in [0.25, 0.3) is 0 Å². The molecule has 31 heavy (non-hydrogen) atoms. The van der Waals surface area contributed by atoms with Crippen molar-refractivity contribution < 1.29 is 9.59 Å². The molecule has 0 aliphatic rings. The second kappa shape index (κ2) is 11.2. The molecule has 0 fully saturated rings. The summed E-state index contributed by atoms with van der Waals surface area (Å²) >= 11 is 13.7. The van der Waals surface area contributed by atoms with Crippen LogP contribution in [0, 0.1) is 0 Å². The maximum Gasteiger partial charge on any atom is 0.242 e. The molecule has 4 nitrogen and oxygen atoms in total. The minimum atomic E-state index is -0.530. The van der Waals surface area contributed by atoms with Gasteiger partial charge < -0.3 is 10.6 Å². The zero-order valence-corrected chi connectivity index (χ0v) is 19.2. The van der Waals surface area contributed by atoms with Crippen LogP contribution >= 0.6 is 35.0 Å². The summed E-state index contributed by atoms with van der Waals surface area (Å²) in [4.78, 5) is 26.0. The number of rotatable bonds is 8. The van der Waals surface area contributed by atoms with Gasteiger partial charge in [0.15, 0.2) is 0 Å². The van der Waals surface area contributed by atoms with Crippen molar-refractivity contribution in [3.8, 4) is 0 Å². The van der Waals surface area contributed by atoms with Crippen LogP contribution in [-0.2, 0) is 9.59 Å². The predicted octanol–water partition coefficient (Wildman–Crippen LogP) is 7.20. The summed E-state index contributed by atoms with van der Waals surface area (Å²) in [6, 6.07) is 22.1. The van der Waals surface area contributed by atoms with E-state index in [9.17, 15) is 9.59 Å². The standard InChI is InChI=1S/C24H22Cl2N2O2S/c1-2-8-21(29)27-17-11-6-12-18(15-17)31-23(16-9-4-3-5-10-16)24(30)28-20-14-7-13-19(25)22(20)26/h3-7,9-15,23H,2,8H2,1H3,(H,27,29)(H,28,30). The highest BCUT2D eigenvalue weighted by Gasteiger charge is 2.23. The Bertz CT molecular complexity index is 1060. The Balaban J connectivity index is 1.84. The number of benzene rings is 3. The molecular weight excluding hydrogens is 451 g/mol. The van der Waals surface area contributed by atoms with Crippen LogP contribution < -0.4 is 10.6 Å². The predicted molar refractivity (Wildman–Crippen MR) is 130 cm³/mol. The van der Waals surface area contributed by atoms with E-state index < -0.39 is 5.25 Å². The fraction of sp³-hybridized carbons (Fsp3) is 0.167. The smallest absolute Gasteiger partial charge is 0.242 e. The quantitative estimate of drug-likeness (QED) is 0.340. The van der Waals surface area contributed by atoms with E-state index in [1.807, 2.05) is 61.5 Å². The van der Waals surface area contributed by atoms with Crippen molar-refractivity contribution in [1.82, 2.24) is 0 Å². The Labute approximate surface area is 196 Å². The molecule has 7 heteroatoms. The Hall–Kier alpha value is -2.47. The van der Waals surface area contributed by atoms with Crippen LogP contribution in [-0.4, -0.2) is 11.8 Å². The fourth-order valence-corrected chi connectivity index (χ4v) is 4.36. The van der Waals surface area contributed by atoms with E-state index in [1.54, 1.807) is 18.2 Å². The van der Waals surface area contributed by atoms with Crippen LogP contribution in [0.5, 0.6) is 0 Å². The number of hydrogen-bond donors (Lipinski definition) is 2. The lowest BCUT2D eigenvalue weighted by molar-refractivity contribution is -0.116. The first-order chi connectivity index (χ1) is 15.0. The lowest BCUT2D eigenvalue weighted by atomic mass is 10.1. The van der Waals surface area contributed by atoms with E-state index >= 15 is 0 Å². The molecule has 0 spiro atoms. The summed E-state index contributed by atoms with van der Waals surface area (Å²) in [5.74, 6) is -0.251. The van der Waals surface area contributed by atoms with Gasteiger partial charge >= 0.3 is 0 Å². The monoisotopic (exact) mass is 472 g/mol. The number of thioether (sulfide) groups is 1. The number of halogens is 2. The largest absolute Gasteiger partial charge is 0.326 e. The SMILES string of the molecule is CCCC(=O)Nc1cccc(SC(C(=O)Nc2cccc(Cl)c2Cl)c2ccccc2)c1. The Kier molecular flexibility index (Phi) is 8.41. The normalized spacial score (nSPS) is 11.6. The summed E-state index contributed by atoms with van der Waals surface area (Å²) in [7, 11) is 0. The van der Waals surface area contributed by atoms with Gasteiger partial charge in [-0.15, -0.1) is 11.8 Å².